The standard InChI is InChI=1S/C17H20ClNO4/c1-19(17(20)16-8-7-15(12-18)23-16)9-4-10-22-14-6-3-5-13(11-14)21-2/h3,5-8,11H,4,9-10,12H2,1-2H3. The fourth-order valence-corrected chi connectivity index (χ4v) is 2.18. The normalized spacial score (nSPS) is 10.4. The van der Waals surface area contributed by atoms with Crippen molar-refractivity contribution in [3.8, 4) is 11.5 Å². The Morgan fingerprint density at radius 2 is 2.04 bits per heavy atom. The smallest absolute Gasteiger partial charge is 0.289 e. The quantitative estimate of drug-likeness (QED) is 0.546. The zero-order valence-electron chi connectivity index (χ0n) is 13.3. The third-order valence-electron chi connectivity index (χ3n) is 3.30. The Kier molecular flexibility index (Phi) is 6.35. The van der Waals surface area contributed by atoms with E-state index < -0.39 is 0 Å². The van der Waals surface area contributed by atoms with Crippen LogP contribution in [0.5, 0.6) is 11.5 Å². The van der Waals surface area contributed by atoms with Crippen LogP contribution in [0.15, 0.2) is 40.8 Å². The molecule has 2 aromatic rings. The molecular formula is C17H20ClNO4. The van der Waals surface area contributed by atoms with Crippen molar-refractivity contribution >= 4 is 17.5 Å². The summed E-state index contributed by atoms with van der Waals surface area (Å²) in [7, 11) is 3.35. The molecule has 0 saturated heterocycles. The highest BCUT2D eigenvalue weighted by atomic mass is 35.5. The van der Waals surface area contributed by atoms with E-state index in [0.717, 1.165) is 11.5 Å². The van der Waals surface area contributed by atoms with Gasteiger partial charge in [0.1, 0.15) is 17.3 Å². The van der Waals surface area contributed by atoms with Gasteiger partial charge in [-0.25, -0.2) is 0 Å². The van der Waals surface area contributed by atoms with Gasteiger partial charge in [0.15, 0.2) is 5.76 Å². The Bertz CT molecular complexity index is 641. The number of benzene rings is 1. The highest BCUT2D eigenvalue weighted by Gasteiger charge is 2.15. The van der Waals surface area contributed by atoms with E-state index in [2.05, 4.69) is 0 Å². The molecule has 23 heavy (non-hydrogen) atoms. The van der Waals surface area contributed by atoms with Crippen molar-refractivity contribution in [2.75, 3.05) is 27.3 Å². The van der Waals surface area contributed by atoms with Crippen LogP contribution in [0.1, 0.15) is 22.7 Å². The molecule has 2 rings (SSSR count). The first-order chi connectivity index (χ1) is 11.1. The van der Waals surface area contributed by atoms with Gasteiger partial charge in [0.05, 0.1) is 19.6 Å². The predicted molar refractivity (Wildman–Crippen MR) is 88.3 cm³/mol. The van der Waals surface area contributed by atoms with Crippen molar-refractivity contribution in [3.63, 3.8) is 0 Å². The second-order valence-corrected chi connectivity index (χ2v) is 5.27. The summed E-state index contributed by atoms with van der Waals surface area (Å²) in [6.07, 6.45) is 0.711. The second kappa shape index (κ2) is 8.48. The summed E-state index contributed by atoms with van der Waals surface area (Å²) in [6.45, 7) is 1.08. The van der Waals surface area contributed by atoms with Crippen LogP contribution in [0.2, 0.25) is 0 Å². The number of halogens is 1. The molecule has 0 N–H and O–H groups in total. The summed E-state index contributed by atoms with van der Waals surface area (Å²) < 4.78 is 16.1. The van der Waals surface area contributed by atoms with Crippen LogP contribution in [0.3, 0.4) is 0 Å². The number of carbonyl (C=O) groups is 1. The number of nitrogens with zero attached hydrogens (tertiary/aromatic N) is 1. The molecule has 0 atom stereocenters. The molecular weight excluding hydrogens is 318 g/mol. The monoisotopic (exact) mass is 337 g/mol. The lowest BCUT2D eigenvalue weighted by Gasteiger charge is -2.16. The molecule has 0 saturated carbocycles. The maximum Gasteiger partial charge on any atom is 0.289 e. The van der Waals surface area contributed by atoms with Crippen LogP contribution in [-0.2, 0) is 5.88 Å². The van der Waals surface area contributed by atoms with Crippen molar-refractivity contribution in [2.45, 2.75) is 12.3 Å². The molecule has 0 bridgehead atoms. The summed E-state index contributed by atoms with van der Waals surface area (Å²) in [5.41, 5.74) is 0. The van der Waals surface area contributed by atoms with Gasteiger partial charge in [0, 0.05) is 19.7 Å². The van der Waals surface area contributed by atoms with Gasteiger partial charge in [-0.1, -0.05) is 6.07 Å². The highest BCUT2D eigenvalue weighted by Crippen LogP contribution is 2.19. The van der Waals surface area contributed by atoms with Crippen LogP contribution in [-0.4, -0.2) is 38.1 Å². The SMILES string of the molecule is COc1cccc(OCCCN(C)C(=O)c2ccc(CCl)o2)c1. The van der Waals surface area contributed by atoms with Gasteiger partial charge in [0.2, 0.25) is 0 Å². The van der Waals surface area contributed by atoms with E-state index in [1.165, 1.54) is 0 Å². The molecule has 0 aliphatic carbocycles. The van der Waals surface area contributed by atoms with Crippen LogP contribution < -0.4 is 9.47 Å². The number of carbonyl (C=O) groups excluding carboxylic acids is 1. The second-order valence-electron chi connectivity index (χ2n) is 5.01. The zero-order chi connectivity index (χ0) is 16.7. The predicted octanol–water partition coefficient (Wildman–Crippen LogP) is 3.57. The number of hydrogen-bond donors (Lipinski definition) is 0. The Balaban J connectivity index is 1.75. The van der Waals surface area contributed by atoms with Gasteiger partial charge in [-0.3, -0.25) is 4.79 Å². The molecule has 6 heteroatoms. The lowest BCUT2D eigenvalue weighted by molar-refractivity contribution is 0.0755. The molecule has 0 fully saturated rings. The van der Waals surface area contributed by atoms with E-state index in [1.54, 1.807) is 31.2 Å². The molecule has 1 aromatic heterocycles. The number of ether oxygens (including phenoxy) is 2. The van der Waals surface area contributed by atoms with Crippen LogP contribution in [0, 0.1) is 0 Å². The first-order valence-electron chi connectivity index (χ1n) is 7.31. The van der Waals surface area contributed by atoms with Gasteiger partial charge < -0.3 is 18.8 Å². The number of furan rings is 1. The van der Waals surface area contributed by atoms with Crippen LogP contribution in [0.4, 0.5) is 0 Å². The van der Waals surface area contributed by atoms with Crippen molar-refractivity contribution in [1.82, 2.24) is 4.90 Å². The molecule has 5 nitrogen and oxygen atoms in total. The van der Waals surface area contributed by atoms with E-state index >= 15 is 0 Å². The largest absolute Gasteiger partial charge is 0.497 e. The average molecular weight is 338 g/mol. The number of amides is 1. The Hall–Kier alpha value is -2.14. The van der Waals surface area contributed by atoms with Crippen molar-refractivity contribution in [2.24, 2.45) is 0 Å². The first-order valence-corrected chi connectivity index (χ1v) is 7.84. The summed E-state index contributed by atoms with van der Waals surface area (Å²) in [5.74, 6) is 2.48. The fourth-order valence-electron chi connectivity index (χ4n) is 2.04. The minimum Gasteiger partial charge on any atom is -0.497 e. The molecule has 124 valence electrons. The van der Waals surface area contributed by atoms with Gasteiger partial charge in [-0.15, -0.1) is 11.6 Å². The first kappa shape index (κ1) is 17.2. The molecule has 0 spiro atoms. The molecule has 1 aromatic carbocycles. The Morgan fingerprint density at radius 3 is 2.74 bits per heavy atom. The van der Waals surface area contributed by atoms with E-state index in [4.69, 9.17) is 25.5 Å². The molecule has 0 unspecified atom stereocenters. The summed E-state index contributed by atoms with van der Waals surface area (Å²) in [4.78, 5) is 13.8. The third kappa shape index (κ3) is 4.93. The highest BCUT2D eigenvalue weighted by molar-refractivity contribution is 6.16. The number of alkyl halides is 1. The minimum absolute atomic E-state index is 0.164. The molecule has 0 radical (unpaired) electrons. The summed E-state index contributed by atoms with van der Waals surface area (Å²) in [5, 5.41) is 0. The summed E-state index contributed by atoms with van der Waals surface area (Å²) >= 11 is 5.66. The van der Waals surface area contributed by atoms with Gasteiger partial charge >= 0.3 is 0 Å². The molecule has 0 aliphatic heterocycles. The van der Waals surface area contributed by atoms with Gasteiger partial charge in [0.25, 0.3) is 5.91 Å². The van der Waals surface area contributed by atoms with E-state index in [1.807, 2.05) is 24.3 Å². The van der Waals surface area contributed by atoms with Crippen molar-refractivity contribution in [1.29, 1.82) is 0 Å². The number of rotatable bonds is 8. The van der Waals surface area contributed by atoms with Gasteiger partial charge in [-0.2, -0.15) is 0 Å². The Labute approximate surface area is 140 Å². The lowest BCUT2D eigenvalue weighted by atomic mass is 10.3. The van der Waals surface area contributed by atoms with Crippen LogP contribution >= 0.6 is 11.6 Å². The van der Waals surface area contributed by atoms with E-state index in [9.17, 15) is 4.79 Å². The van der Waals surface area contributed by atoms with Gasteiger partial charge in [-0.05, 0) is 30.7 Å². The number of hydrogen-bond acceptors (Lipinski definition) is 4. The topological polar surface area (TPSA) is 51.9 Å². The number of methoxy groups -OCH3 is 1. The zero-order valence-corrected chi connectivity index (χ0v) is 14.0. The summed E-state index contributed by atoms with van der Waals surface area (Å²) in [6, 6.07) is 10.8. The average Bonchev–Trinajstić information content (AvgIpc) is 3.07. The fraction of sp³-hybridized carbons (Fsp3) is 0.353. The van der Waals surface area contributed by atoms with E-state index in [0.29, 0.717) is 31.1 Å². The molecule has 0 aliphatic rings. The Morgan fingerprint density at radius 1 is 1.26 bits per heavy atom. The lowest BCUT2D eigenvalue weighted by Crippen LogP contribution is -2.28. The van der Waals surface area contributed by atoms with Crippen molar-refractivity contribution in [3.05, 3.63) is 47.9 Å². The molecule has 1 amide bonds. The van der Waals surface area contributed by atoms with E-state index in [-0.39, 0.29) is 11.8 Å². The maximum atomic E-state index is 12.2. The van der Waals surface area contributed by atoms with Crippen molar-refractivity contribution < 1.29 is 18.7 Å². The van der Waals surface area contributed by atoms with Crippen LogP contribution in [0.25, 0.3) is 0 Å². The molecule has 1 heterocycles. The maximum absolute atomic E-state index is 12.2. The third-order valence-corrected chi connectivity index (χ3v) is 3.56. The minimum atomic E-state index is -0.164.